The SMILES string of the molecule is C=CCC(N=[N+]=[N-])c1ccccc1Cl. The molecular weight excluding hydrogens is 198 g/mol. The van der Waals surface area contributed by atoms with Crippen molar-refractivity contribution in [1.82, 2.24) is 0 Å². The first-order chi connectivity index (χ1) is 6.79. The first-order valence-electron chi connectivity index (χ1n) is 4.19. The first-order valence-corrected chi connectivity index (χ1v) is 4.57. The van der Waals surface area contributed by atoms with E-state index in [1.54, 1.807) is 12.1 Å². The highest BCUT2D eigenvalue weighted by Crippen LogP contribution is 2.28. The van der Waals surface area contributed by atoms with Gasteiger partial charge < -0.3 is 0 Å². The smallest absolute Gasteiger partial charge is 0.0674 e. The van der Waals surface area contributed by atoms with Crippen LogP contribution in [0.15, 0.2) is 42.0 Å². The minimum absolute atomic E-state index is 0.258. The van der Waals surface area contributed by atoms with E-state index in [9.17, 15) is 0 Å². The van der Waals surface area contributed by atoms with Crippen LogP contribution in [0.5, 0.6) is 0 Å². The molecule has 1 atom stereocenters. The molecule has 1 aromatic carbocycles. The van der Waals surface area contributed by atoms with Crippen molar-refractivity contribution in [2.24, 2.45) is 5.11 Å². The number of benzene rings is 1. The summed E-state index contributed by atoms with van der Waals surface area (Å²) in [6.07, 6.45) is 2.30. The summed E-state index contributed by atoms with van der Waals surface area (Å²) in [7, 11) is 0. The van der Waals surface area contributed by atoms with Gasteiger partial charge in [0.05, 0.1) is 6.04 Å². The van der Waals surface area contributed by atoms with Gasteiger partial charge in [-0.05, 0) is 23.6 Å². The fourth-order valence-electron chi connectivity index (χ4n) is 1.20. The average molecular weight is 208 g/mol. The number of rotatable bonds is 4. The number of halogens is 1. The molecule has 0 aliphatic carbocycles. The minimum atomic E-state index is -0.258. The fraction of sp³-hybridized carbons (Fsp3) is 0.200. The van der Waals surface area contributed by atoms with Crippen molar-refractivity contribution < 1.29 is 0 Å². The molecule has 0 fully saturated rings. The first kappa shape index (κ1) is 10.6. The van der Waals surface area contributed by atoms with Crippen molar-refractivity contribution in [2.75, 3.05) is 0 Å². The molecule has 0 spiro atoms. The van der Waals surface area contributed by atoms with Gasteiger partial charge in [-0.2, -0.15) is 0 Å². The summed E-state index contributed by atoms with van der Waals surface area (Å²) < 4.78 is 0. The fourth-order valence-corrected chi connectivity index (χ4v) is 1.46. The van der Waals surface area contributed by atoms with Gasteiger partial charge in [0.25, 0.3) is 0 Å². The summed E-state index contributed by atoms with van der Waals surface area (Å²) in [5.41, 5.74) is 9.24. The maximum atomic E-state index is 8.40. The van der Waals surface area contributed by atoms with Crippen LogP contribution in [0, 0.1) is 0 Å². The van der Waals surface area contributed by atoms with E-state index in [2.05, 4.69) is 16.6 Å². The second kappa shape index (κ2) is 5.32. The van der Waals surface area contributed by atoms with E-state index < -0.39 is 0 Å². The molecule has 0 bridgehead atoms. The van der Waals surface area contributed by atoms with Gasteiger partial charge in [0, 0.05) is 9.93 Å². The molecule has 0 aliphatic heterocycles. The lowest BCUT2D eigenvalue weighted by atomic mass is 10.0. The molecule has 72 valence electrons. The Kier molecular flexibility index (Phi) is 4.05. The van der Waals surface area contributed by atoms with E-state index >= 15 is 0 Å². The Morgan fingerprint density at radius 3 is 2.86 bits per heavy atom. The standard InChI is InChI=1S/C10H10ClN3/c1-2-5-10(13-14-12)8-6-3-4-7-9(8)11/h2-4,6-7,10H,1,5H2. The Labute approximate surface area is 87.6 Å². The molecule has 1 rings (SSSR count). The summed E-state index contributed by atoms with van der Waals surface area (Å²) in [4.78, 5) is 2.79. The van der Waals surface area contributed by atoms with Crippen molar-refractivity contribution in [2.45, 2.75) is 12.5 Å². The highest BCUT2D eigenvalue weighted by Gasteiger charge is 2.10. The Bertz CT molecular complexity index is 369. The van der Waals surface area contributed by atoms with Crippen LogP contribution < -0.4 is 0 Å². The summed E-state index contributed by atoms with van der Waals surface area (Å²) in [5, 5.41) is 4.29. The summed E-state index contributed by atoms with van der Waals surface area (Å²) in [5.74, 6) is 0. The van der Waals surface area contributed by atoms with Gasteiger partial charge in [-0.15, -0.1) is 6.58 Å². The monoisotopic (exact) mass is 207 g/mol. The lowest BCUT2D eigenvalue weighted by Crippen LogP contribution is -1.93. The number of hydrogen-bond donors (Lipinski definition) is 0. The maximum Gasteiger partial charge on any atom is 0.0674 e. The Hall–Kier alpha value is -1.44. The molecular formula is C10H10ClN3. The molecule has 0 N–H and O–H groups in total. The summed E-state index contributed by atoms with van der Waals surface area (Å²) >= 11 is 5.97. The van der Waals surface area contributed by atoms with Crippen LogP contribution in [0.4, 0.5) is 0 Å². The van der Waals surface area contributed by atoms with Crippen LogP contribution >= 0.6 is 11.6 Å². The number of azide groups is 1. The maximum absolute atomic E-state index is 8.40. The van der Waals surface area contributed by atoms with Gasteiger partial charge in [-0.25, -0.2) is 0 Å². The molecule has 1 aromatic rings. The molecule has 14 heavy (non-hydrogen) atoms. The second-order valence-electron chi connectivity index (χ2n) is 2.77. The third kappa shape index (κ3) is 2.52. The highest BCUT2D eigenvalue weighted by atomic mass is 35.5. The molecule has 0 saturated carbocycles. The van der Waals surface area contributed by atoms with Crippen LogP contribution in [0.1, 0.15) is 18.0 Å². The average Bonchev–Trinajstić information content (AvgIpc) is 2.18. The van der Waals surface area contributed by atoms with Crippen molar-refractivity contribution in [3.05, 3.63) is 57.9 Å². The van der Waals surface area contributed by atoms with Gasteiger partial charge in [-0.1, -0.05) is 41.0 Å². The summed E-state index contributed by atoms with van der Waals surface area (Å²) in [6, 6.07) is 7.08. The van der Waals surface area contributed by atoms with Crippen LogP contribution in [0.25, 0.3) is 10.4 Å². The molecule has 3 nitrogen and oxygen atoms in total. The summed E-state index contributed by atoms with van der Waals surface area (Å²) in [6.45, 7) is 3.61. The highest BCUT2D eigenvalue weighted by molar-refractivity contribution is 6.31. The minimum Gasteiger partial charge on any atom is -0.103 e. The van der Waals surface area contributed by atoms with Crippen LogP contribution in [-0.2, 0) is 0 Å². The second-order valence-corrected chi connectivity index (χ2v) is 3.17. The molecule has 0 aromatic heterocycles. The lowest BCUT2D eigenvalue weighted by molar-refractivity contribution is 0.735. The van der Waals surface area contributed by atoms with E-state index in [-0.39, 0.29) is 6.04 Å². The van der Waals surface area contributed by atoms with Crippen molar-refractivity contribution in [3.8, 4) is 0 Å². The predicted molar refractivity (Wildman–Crippen MR) is 58.2 cm³/mol. The zero-order valence-electron chi connectivity index (χ0n) is 7.60. The van der Waals surface area contributed by atoms with Gasteiger partial charge >= 0.3 is 0 Å². The zero-order chi connectivity index (χ0) is 10.4. The lowest BCUT2D eigenvalue weighted by Gasteiger charge is -2.10. The van der Waals surface area contributed by atoms with Crippen LogP contribution in [0.2, 0.25) is 5.02 Å². The normalized spacial score (nSPS) is 11.5. The van der Waals surface area contributed by atoms with E-state index in [4.69, 9.17) is 17.1 Å². The molecule has 0 aliphatic rings. The topological polar surface area (TPSA) is 48.8 Å². The van der Waals surface area contributed by atoms with Crippen molar-refractivity contribution in [1.29, 1.82) is 0 Å². The third-order valence-corrected chi connectivity index (χ3v) is 2.19. The van der Waals surface area contributed by atoms with E-state index in [1.165, 1.54) is 0 Å². The Morgan fingerprint density at radius 2 is 2.29 bits per heavy atom. The van der Waals surface area contributed by atoms with Gasteiger partial charge in [0.1, 0.15) is 0 Å². The molecule has 0 amide bonds. The molecule has 0 heterocycles. The Balaban J connectivity index is 3.03. The van der Waals surface area contributed by atoms with Crippen LogP contribution in [-0.4, -0.2) is 0 Å². The quantitative estimate of drug-likeness (QED) is 0.307. The number of hydrogen-bond acceptors (Lipinski definition) is 1. The predicted octanol–water partition coefficient (Wildman–Crippen LogP) is 4.27. The van der Waals surface area contributed by atoms with Gasteiger partial charge in [0.15, 0.2) is 0 Å². The largest absolute Gasteiger partial charge is 0.103 e. The Morgan fingerprint density at radius 1 is 1.57 bits per heavy atom. The molecule has 0 saturated heterocycles. The van der Waals surface area contributed by atoms with Gasteiger partial charge in [0.2, 0.25) is 0 Å². The van der Waals surface area contributed by atoms with Crippen molar-refractivity contribution in [3.63, 3.8) is 0 Å². The third-order valence-electron chi connectivity index (χ3n) is 1.85. The molecule has 1 unspecified atom stereocenters. The van der Waals surface area contributed by atoms with Crippen LogP contribution in [0.3, 0.4) is 0 Å². The van der Waals surface area contributed by atoms with E-state index in [0.29, 0.717) is 11.4 Å². The van der Waals surface area contributed by atoms with E-state index in [0.717, 1.165) is 5.56 Å². The van der Waals surface area contributed by atoms with Gasteiger partial charge in [-0.3, -0.25) is 0 Å². The zero-order valence-corrected chi connectivity index (χ0v) is 8.35. The molecule has 4 heteroatoms. The van der Waals surface area contributed by atoms with Crippen molar-refractivity contribution >= 4 is 11.6 Å². The molecule has 0 radical (unpaired) electrons. The van der Waals surface area contributed by atoms with E-state index in [1.807, 2.05) is 18.2 Å². The number of nitrogens with zero attached hydrogens (tertiary/aromatic N) is 3.